The summed E-state index contributed by atoms with van der Waals surface area (Å²) in [6.45, 7) is 8.05. The number of benzene rings is 2. The molecule has 37 heavy (non-hydrogen) atoms. The number of fused-ring (bicyclic) bond motifs is 4. The van der Waals surface area contributed by atoms with Gasteiger partial charge in [-0.2, -0.15) is 8.42 Å². The summed E-state index contributed by atoms with van der Waals surface area (Å²) >= 11 is 0. The highest BCUT2D eigenvalue weighted by atomic mass is 32.3. The smallest absolute Gasteiger partial charge is 0.357 e. The van der Waals surface area contributed by atoms with Gasteiger partial charge in [-0.05, 0) is 61.2 Å². The van der Waals surface area contributed by atoms with Crippen LogP contribution in [-0.4, -0.2) is 23.0 Å². The van der Waals surface area contributed by atoms with Gasteiger partial charge in [0, 0.05) is 39.7 Å². The lowest BCUT2D eigenvalue weighted by Crippen LogP contribution is -2.13. The van der Waals surface area contributed by atoms with Crippen molar-refractivity contribution in [2.45, 2.75) is 39.7 Å². The van der Waals surface area contributed by atoms with Gasteiger partial charge in [0.25, 0.3) is 0 Å². The quantitative estimate of drug-likeness (QED) is 0.229. The fourth-order valence-corrected chi connectivity index (χ4v) is 5.24. The normalized spacial score (nSPS) is 12.2. The van der Waals surface area contributed by atoms with Crippen LogP contribution in [0, 0.1) is 12.3 Å². The van der Waals surface area contributed by atoms with Crippen molar-refractivity contribution < 1.29 is 16.5 Å². The number of hydrogen-bond donors (Lipinski definition) is 1. The van der Waals surface area contributed by atoms with Gasteiger partial charge in [-0.1, -0.05) is 29.7 Å². The number of terminal acetylenes is 1. The van der Waals surface area contributed by atoms with Crippen molar-refractivity contribution in [3.05, 3.63) is 70.1 Å². The molecule has 0 fully saturated rings. The van der Waals surface area contributed by atoms with E-state index in [-0.39, 0.29) is 23.1 Å². The summed E-state index contributed by atoms with van der Waals surface area (Å²) < 4.78 is 41.7. The van der Waals surface area contributed by atoms with Gasteiger partial charge in [-0.15, -0.1) is 6.42 Å². The van der Waals surface area contributed by atoms with Crippen LogP contribution in [0.2, 0.25) is 0 Å². The van der Waals surface area contributed by atoms with Crippen LogP contribution in [0.5, 0.6) is 5.75 Å². The molecule has 3 aromatic heterocycles. The molecule has 7 nitrogen and oxygen atoms in total. The zero-order valence-electron chi connectivity index (χ0n) is 20.7. The molecule has 0 bridgehead atoms. The Balaban J connectivity index is 1.89. The molecule has 0 spiro atoms. The summed E-state index contributed by atoms with van der Waals surface area (Å²) in [5.74, 6) is 2.40. The molecule has 2 aromatic carbocycles. The minimum atomic E-state index is -5.20. The minimum Gasteiger partial charge on any atom is -0.357 e. The van der Waals surface area contributed by atoms with Gasteiger partial charge in [-0.25, -0.2) is 0 Å². The van der Waals surface area contributed by atoms with E-state index in [1.807, 2.05) is 58.0 Å². The van der Waals surface area contributed by atoms with E-state index < -0.39 is 10.5 Å². The predicted octanol–water partition coefficient (Wildman–Crippen LogP) is 5.98. The van der Waals surface area contributed by atoms with Crippen LogP contribution in [0.3, 0.4) is 0 Å². The van der Waals surface area contributed by atoms with Gasteiger partial charge < -0.3 is 13.7 Å². The van der Waals surface area contributed by atoms with Crippen molar-refractivity contribution in [2.24, 2.45) is 0 Å². The van der Waals surface area contributed by atoms with E-state index in [4.69, 9.17) is 6.42 Å². The lowest BCUT2D eigenvalue weighted by atomic mass is 9.91. The van der Waals surface area contributed by atoms with Gasteiger partial charge in [-0.3, -0.25) is 9.78 Å². The Labute approximate surface area is 213 Å². The molecule has 9 heteroatoms. The zero-order valence-corrected chi connectivity index (χ0v) is 21.5. The lowest BCUT2D eigenvalue weighted by Gasteiger charge is -2.20. The second-order valence-corrected chi connectivity index (χ2v) is 10.5. The van der Waals surface area contributed by atoms with Crippen LogP contribution in [-0.2, 0) is 10.5 Å². The third kappa shape index (κ3) is 4.23. The highest BCUT2D eigenvalue weighted by Gasteiger charge is 2.21. The maximum Gasteiger partial charge on any atom is 0.488 e. The van der Waals surface area contributed by atoms with Gasteiger partial charge in [0.2, 0.25) is 0 Å². The molecule has 5 rings (SSSR count). The van der Waals surface area contributed by atoms with Crippen LogP contribution in [0.1, 0.15) is 50.8 Å². The second-order valence-electron chi connectivity index (χ2n) is 9.54. The van der Waals surface area contributed by atoms with Crippen LogP contribution < -0.4 is 9.61 Å². The van der Waals surface area contributed by atoms with Crippen LogP contribution in [0.15, 0.2) is 53.6 Å². The Morgan fingerprint density at radius 1 is 1.08 bits per heavy atom. The standard InChI is InChI=1S/C28H24FN3O4S/c1-6-17-7-8-20-24(9-17)31-28-26(20)27(33)23-11-21(15(2)3)22(12-25(23)32(28)16(4)5)18-10-19(14-30-13-18)36-37(29,34)35/h1,7-16,31H,2-5H3. The first-order valence-corrected chi connectivity index (χ1v) is 13.0. The summed E-state index contributed by atoms with van der Waals surface area (Å²) in [6.07, 6.45) is 8.26. The number of halogens is 1. The summed E-state index contributed by atoms with van der Waals surface area (Å²) in [5, 5.41) is 1.95. The Bertz CT molecular complexity index is 1930. The van der Waals surface area contributed by atoms with Crippen molar-refractivity contribution >= 4 is 43.3 Å². The van der Waals surface area contributed by atoms with Gasteiger partial charge in [0.1, 0.15) is 5.65 Å². The van der Waals surface area contributed by atoms with E-state index in [1.54, 1.807) is 6.20 Å². The van der Waals surface area contributed by atoms with E-state index in [9.17, 15) is 17.1 Å². The number of pyridine rings is 2. The summed E-state index contributed by atoms with van der Waals surface area (Å²) in [6, 6.07) is 10.7. The Morgan fingerprint density at radius 3 is 2.49 bits per heavy atom. The average molecular weight is 518 g/mol. The van der Waals surface area contributed by atoms with E-state index >= 15 is 0 Å². The molecule has 0 saturated heterocycles. The maximum atomic E-state index is 13.9. The monoisotopic (exact) mass is 517 g/mol. The summed E-state index contributed by atoms with van der Waals surface area (Å²) in [7, 11) is -5.20. The second kappa shape index (κ2) is 8.75. The van der Waals surface area contributed by atoms with E-state index in [1.165, 1.54) is 6.07 Å². The van der Waals surface area contributed by atoms with E-state index in [0.717, 1.165) is 28.2 Å². The van der Waals surface area contributed by atoms with E-state index in [0.29, 0.717) is 33.1 Å². The Morgan fingerprint density at radius 2 is 1.84 bits per heavy atom. The van der Waals surface area contributed by atoms with Gasteiger partial charge >= 0.3 is 10.5 Å². The number of rotatable bonds is 5. The predicted molar refractivity (Wildman–Crippen MR) is 144 cm³/mol. The minimum absolute atomic E-state index is 0.0117. The number of nitrogens with zero attached hydrogens (tertiary/aromatic N) is 2. The molecule has 0 atom stereocenters. The first-order chi connectivity index (χ1) is 17.5. The molecule has 0 amide bonds. The van der Waals surface area contributed by atoms with E-state index in [2.05, 4.69) is 24.6 Å². The number of H-pyrrole nitrogens is 1. The highest BCUT2D eigenvalue weighted by molar-refractivity contribution is 7.81. The Kier molecular flexibility index (Phi) is 5.80. The molecule has 0 aliphatic heterocycles. The number of aromatic amines is 1. The van der Waals surface area contributed by atoms with Crippen molar-refractivity contribution in [3.8, 4) is 29.2 Å². The highest BCUT2D eigenvalue weighted by Crippen LogP contribution is 2.36. The van der Waals surface area contributed by atoms with Crippen LogP contribution in [0.25, 0.3) is 44.0 Å². The molecule has 0 aliphatic rings. The van der Waals surface area contributed by atoms with Crippen LogP contribution >= 0.6 is 0 Å². The molecule has 0 unspecified atom stereocenters. The summed E-state index contributed by atoms with van der Waals surface area (Å²) in [5.41, 5.74) is 4.88. The first-order valence-electron chi connectivity index (χ1n) is 11.7. The first kappa shape index (κ1) is 24.5. The number of hydrogen-bond acceptors (Lipinski definition) is 5. The van der Waals surface area contributed by atoms with Gasteiger partial charge in [0.05, 0.1) is 17.1 Å². The summed E-state index contributed by atoms with van der Waals surface area (Å²) in [4.78, 5) is 21.4. The lowest BCUT2D eigenvalue weighted by molar-refractivity contribution is 0.439. The molecular weight excluding hydrogens is 493 g/mol. The molecule has 3 heterocycles. The molecule has 0 saturated carbocycles. The van der Waals surface area contributed by atoms with Crippen molar-refractivity contribution in [1.29, 1.82) is 0 Å². The van der Waals surface area contributed by atoms with Crippen molar-refractivity contribution in [1.82, 2.24) is 14.5 Å². The van der Waals surface area contributed by atoms with Crippen molar-refractivity contribution in [3.63, 3.8) is 0 Å². The molecule has 1 N–H and O–H groups in total. The maximum absolute atomic E-state index is 13.9. The molecular formula is C28H24FN3O4S. The Hall–Kier alpha value is -4.16. The molecule has 188 valence electrons. The number of nitrogens with one attached hydrogen (secondary N) is 1. The fourth-order valence-electron chi connectivity index (χ4n) is 4.92. The average Bonchev–Trinajstić information content (AvgIpc) is 3.20. The number of aromatic nitrogens is 3. The molecule has 0 radical (unpaired) electrons. The molecule has 5 aromatic rings. The topological polar surface area (TPSA) is 94.1 Å². The third-order valence-electron chi connectivity index (χ3n) is 6.44. The fraction of sp³-hybridized carbons (Fsp3) is 0.214. The SMILES string of the molecule is C#Cc1ccc2c(c1)[nH]c1c2c(=O)c2cc(C(C)C)c(-c3cncc(OS(=O)(=O)F)c3)cc2n1C(C)C. The molecule has 0 aliphatic carbocycles. The van der Waals surface area contributed by atoms with Crippen molar-refractivity contribution in [2.75, 3.05) is 0 Å². The zero-order chi connectivity index (χ0) is 26.6. The van der Waals surface area contributed by atoms with Gasteiger partial charge in [0.15, 0.2) is 11.2 Å². The third-order valence-corrected chi connectivity index (χ3v) is 6.84. The largest absolute Gasteiger partial charge is 0.488 e. The van der Waals surface area contributed by atoms with Crippen LogP contribution in [0.4, 0.5) is 3.89 Å².